The first kappa shape index (κ1) is 25.0. The van der Waals surface area contributed by atoms with Crippen LogP contribution in [0.4, 0.5) is 0 Å². The largest absolute Gasteiger partial charge is 0.464 e. The summed E-state index contributed by atoms with van der Waals surface area (Å²) in [6, 6.07) is 9.36. The number of carbonyl (C=O) groups excluding carboxylic acids is 2. The van der Waals surface area contributed by atoms with Gasteiger partial charge in [-0.1, -0.05) is 6.07 Å². The second-order valence-electron chi connectivity index (χ2n) is 8.65. The lowest BCUT2D eigenvalue weighted by Gasteiger charge is -2.31. The van der Waals surface area contributed by atoms with E-state index in [1.807, 2.05) is 37.3 Å². The highest BCUT2D eigenvalue weighted by molar-refractivity contribution is 5.85. The standard InChI is InChI=1S/C25H33N3O7/c1-19-3-5-21(35-19)15-28(14-20-4-6-22-23(13-20)34-18-33-22)24(29)16-27(25(30)17-31-2)8-7-26-9-11-32-12-10-26/h3-6,13H,7-12,14-18H2,1-2H3. The first-order chi connectivity index (χ1) is 17.0. The fourth-order valence-electron chi connectivity index (χ4n) is 4.11. The Kier molecular flexibility index (Phi) is 8.62. The molecule has 3 heterocycles. The number of rotatable bonds is 11. The number of nitrogens with zero attached hydrogens (tertiary/aromatic N) is 3. The number of amides is 2. The number of morpholine rings is 1. The zero-order valence-corrected chi connectivity index (χ0v) is 20.4. The summed E-state index contributed by atoms with van der Waals surface area (Å²) < 4.78 is 27.1. The Morgan fingerprint density at radius 2 is 1.80 bits per heavy atom. The highest BCUT2D eigenvalue weighted by Crippen LogP contribution is 2.33. The van der Waals surface area contributed by atoms with Crippen LogP contribution in [0.1, 0.15) is 17.1 Å². The third-order valence-electron chi connectivity index (χ3n) is 6.04. The zero-order valence-electron chi connectivity index (χ0n) is 20.4. The third kappa shape index (κ3) is 6.97. The average Bonchev–Trinajstić information content (AvgIpc) is 3.50. The molecule has 10 heteroatoms. The lowest BCUT2D eigenvalue weighted by molar-refractivity contribution is -0.143. The number of hydrogen-bond donors (Lipinski definition) is 0. The summed E-state index contributed by atoms with van der Waals surface area (Å²) >= 11 is 0. The first-order valence-electron chi connectivity index (χ1n) is 11.8. The summed E-state index contributed by atoms with van der Waals surface area (Å²) in [6.07, 6.45) is 0. The van der Waals surface area contributed by atoms with Crippen LogP contribution in [-0.4, -0.2) is 93.0 Å². The second kappa shape index (κ2) is 12.1. The molecule has 0 unspecified atom stereocenters. The summed E-state index contributed by atoms with van der Waals surface area (Å²) in [5, 5.41) is 0. The van der Waals surface area contributed by atoms with E-state index in [9.17, 15) is 9.59 Å². The predicted molar refractivity (Wildman–Crippen MR) is 126 cm³/mol. The van der Waals surface area contributed by atoms with E-state index >= 15 is 0 Å². The normalized spacial score (nSPS) is 15.3. The maximum absolute atomic E-state index is 13.5. The number of carbonyl (C=O) groups is 2. The Morgan fingerprint density at radius 3 is 2.54 bits per heavy atom. The summed E-state index contributed by atoms with van der Waals surface area (Å²) in [5.41, 5.74) is 0.897. The van der Waals surface area contributed by atoms with Crippen molar-refractivity contribution >= 4 is 11.8 Å². The molecule has 1 aromatic heterocycles. The Balaban J connectivity index is 1.47. The van der Waals surface area contributed by atoms with Gasteiger partial charge in [0, 0.05) is 39.8 Å². The highest BCUT2D eigenvalue weighted by Gasteiger charge is 2.24. The van der Waals surface area contributed by atoms with Crippen molar-refractivity contribution in [3.8, 4) is 11.5 Å². The Bertz CT molecular complexity index is 1000. The second-order valence-corrected chi connectivity index (χ2v) is 8.65. The molecule has 2 aromatic rings. The van der Waals surface area contributed by atoms with Crippen LogP contribution in [0.2, 0.25) is 0 Å². The number of hydrogen-bond acceptors (Lipinski definition) is 8. The maximum Gasteiger partial charge on any atom is 0.249 e. The van der Waals surface area contributed by atoms with E-state index in [0.29, 0.717) is 50.1 Å². The maximum atomic E-state index is 13.5. The van der Waals surface area contributed by atoms with Crippen molar-refractivity contribution in [1.82, 2.24) is 14.7 Å². The van der Waals surface area contributed by atoms with Crippen LogP contribution in [0.3, 0.4) is 0 Å². The SMILES string of the molecule is COCC(=O)N(CCN1CCOCC1)CC(=O)N(Cc1ccc2c(c1)OCO2)Cc1ccc(C)o1. The van der Waals surface area contributed by atoms with E-state index in [1.54, 1.807) is 9.80 Å². The van der Waals surface area contributed by atoms with E-state index in [4.69, 9.17) is 23.4 Å². The summed E-state index contributed by atoms with van der Waals surface area (Å²) in [6.45, 7) is 6.65. The van der Waals surface area contributed by atoms with Gasteiger partial charge >= 0.3 is 0 Å². The van der Waals surface area contributed by atoms with Crippen molar-refractivity contribution in [2.45, 2.75) is 20.0 Å². The van der Waals surface area contributed by atoms with Gasteiger partial charge in [0.15, 0.2) is 11.5 Å². The van der Waals surface area contributed by atoms with Crippen molar-refractivity contribution in [2.75, 3.05) is 66.4 Å². The molecule has 4 rings (SSSR count). The topological polar surface area (TPSA) is 93.9 Å². The Labute approximate surface area is 205 Å². The molecule has 0 N–H and O–H groups in total. The molecule has 35 heavy (non-hydrogen) atoms. The monoisotopic (exact) mass is 487 g/mol. The van der Waals surface area contributed by atoms with Gasteiger partial charge in [0.1, 0.15) is 18.1 Å². The fourth-order valence-corrected chi connectivity index (χ4v) is 4.11. The van der Waals surface area contributed by atoms with Crippen molar-refractivity contribution in [3.63, 3.8) is 0 Å². The molecule has 0 bridgehead atoms. The molecule has 0 atom stereocenters. The molecular formula is C25H33N3O7. The van der Waals surface area contributed by atoms with Gasteiger partial charge in [-0.15, -0.1) is 0 Å². The van der Waals surface area contributed by atoms with Gasteiger partial charge in [0.05, 0.1) is 26.3 Å². The lowest BCUT2D eigenvalue weighted by Crippen LogP contribution is -2.47. The molecule has 2 aliphatic heterocycles. The molecular weight excluding hydrogens is 454 g/mol. The Morgan fingerprint density at radius 1 is 1.00 bits per heavy atom. The van der Waals surface area contributed by atoms with Gasteiger partial charge in [-0.2, -0.15) is 0 Å². The molecule has 2 amide bonds. The third-order valence-corrected chi connectivity index (χ3v) is 6.04. The minimum absolute atomic E-state index is 0.0449. The van der Waals surface area contributed by atoms with Crippen molar-refractivity contribution in [1.29, 1.82) is 0 Å². The highest BCUT2D eigenvalue weighted by atomic mass is 16.7. The molecule has 1 saturated heterocycles. The van der Waals surface area contributed by atoms with E-state index in [0.717, 1.165) is 24.4 Å². The number of benzene rings is 1. The summed E-state index contributed by atoms with van der Waals surface area (Å²) in [4.78, 5) is 31.8. The van der Waals surface area contributed by atoms with Crippen molar-refractivity contribution in [3.05, 3.63) is 47.4 Å². The first-order valence-corrected chi connectivity index (χ1v) is 11.8. The van der Waals surface area contributed by atoms with Crippen LogP contribution >= 0.6 is 0 Å². The van der Waals surface area contributed by atoms with Crippen molar-refractivity contribution < 1.29 is 33.0 Å². The lowest BCUT2D eigenvalue weighted by atomic mass is 10.2. The van der Waals surface area contributed by atoms with Crippen LogP contribution in [0.15, 0.2) is 34.7 Å². The summed E-state index contributed by atoms with van der Waals surface area (Å²) in [5.74, 6) is 2.41. The number of aryl methyl sites for hydroxylation is 1. The quantitative estimate of drug-likeness (QED) is 0.472. The van der Waals surface area contributed by atoms with Crippen LogP contribution in [0.25, 0.3) is 0 Å². The zero-order chi connectivity index (χ0) is 24.6. The molecule has 0 saturated carbocycles. The average molecular weight is 488 g/mol. The molecule has 0 spiro atoms. The molecule has 10 nitrogen and oxygen atoms in total. The van der Waals surface area contributed by atoms with Crippen molar-refractivity contribution in [2.24, 2.45) is 0 Å². The minimum atomic E-state index is -0.217. The number of fused-ring (bicyclic) bond motifs is 1. The van der Waals surface area contributed by atoms with Gasteiger partial charge < -0.3 is 33.2 Å². The van der Waals surface area contributed by atoms with Gasteiger partial charge in [0.25, 0.3) is 0 Å². The van der Waals surface area contributed by atoms with E-state index in [1.165, 1.54) is 7.11 Å². The summed E-state index contributed by atoms with van der Waals surface area (Å²) in [7, 11) is 1.48. The molecule has 1 fully saturated rings. The van der Waals surface area contributed by atoms with Crippen LogP contribution < -0.4 is 9.47 Å². The smallest absolute Gasteiger partial charge is 0.249 e. The van der Waals surface area contributed by atoms with Gasteiger partial charge in [-0.05, 0) is 36.8 Å². The molecule has 0 aliphatic carbocycles. The minimum Gasteiger partial charge on any atom is -0.464 e. The molecule has 190 valence electrons. The number of methoxy groups -OCH3 is 1. The van der Waals surface area contributed by atoms with Gasteiger partial charge in [-0.3, -0.25) is 14.5 Å². The van der Waals surface area contributed by atoms with Gasteiger partial charge in [-0.25, -0.2) is 0 Å². The van der Waals surface area contributed by atoms with E-state index in [-0.39, 0.29) is 38.3 Å². The van der Waals surface area contributed by atoms with Gasteiger partial charge in [0.2, 0.25) is 18.6 Å². The van der Waals surface area contributed by atoms with E-state index < -0.39 is 0 Å². The van der Waals surface area contributed by atoms with Crippen LogP contribution in [0.5, 0.6) is 11.5 Å². The fraction of sp³-hybridized carbons (Fsp3) is 0.520. The molecule has 0 radical (unpaired) electrons. The van der Waals surface area contributed by atoms with Crippen LogP contribution in [-0.2, 0) is 32.2 Å². The number of ether oxygens (including phenoxy) is 4. The molecule has 2 aliphatic rings. The van der Waals surface area contributed by atoms with Crippen LogP contribution in [0, 0.1) is 6.92 Å². The molecule has 1 aromatic carbocycles. The number of furan rings is 1. The predicted octanol–water partition coefficient (Wildman–Crippen LogP) is 1.65. The Hall–Kier alpha value is -3.08. The van der Waals surface area contributed by atoms with E-state index in [2.05, 4.69) is 4.90 Å².